The van der Waals surface area contributed by atoms with Gasteiger partial charge in [-0.15, -0.1) is 0 Å². The third kappa shape index (κ3) is 3.50. The van der Waals surface area contributed by atoms with Gasteiger partial charge in [0.2, 0.25) is 6.43 Å². The monoisotopic (exact) mass is 207 g/mol. The quantitative estimate of drug-likeness (QED) is 0.763. The van der Waals surface area contributed by atoms with Crippen LogP contribution in [-0.2, 0) is 4.74 Å². The van der Waals surface area contributed by atoms with Gasteiger partial charge >= 0.3 is 0 Å². The Morgan fingerprint density at radius 1 is 1.50 bits per heavy atom. The summed E-state index contributed by atoms with van der Waals surface area (Å²) in [6, 6.07) is 0.204. The molecule has 0 bridgehead atoms. The van der Waals surface area contributed by atoms with Crippen LogP contribution in [-0.4, -0.2) is 31.2 Å². The number of rotatable bonds is 4. The second-order valence-electron chi connectivity index (χ2n) is 4.28. The first-order valence-electron chi connectivity index (χ1n) is 5.18. The molecule has 4 heteroatoms. The van der Waals surface area contributed by atoms with Gasteiger partial charge in [0.05, 0.1) is 12.2 Å². The first kappa shape index (κ1) is 11.9. The highest BCUT2D eigenvalue weighted by Gasteiger charge is 2.32. The lowest BCUT2D eigenvalue weighted by Gasteiger charge is -2.39. The summed E-state index contributed by atoms with van der Waals surface area (Å²) in [5.74, 6) is 0. The molecule has 1 saturated heterocycles. The van der Waals surface area contributed by atoms with Crippen LogP contribution in [0.5, 0.6) is 0 Å². The lowest BCUT2D eigenvalue weighted by atomic mass is 9.92. The number of halogens is 2. The summed E-state index contributed by atoms with van der Waals surface area (Å²) >= 11 is 0. The van der Waals surface area contributed by atoms with E-state index in [9.17, 15) is 8.78 Å². The van der Waals surface area contributed by atoms with E-state index in [0.717, 1.165) is 13.0 Å². The van der Waals surface area contributed by atoms with E-state index in [1.807, 2.05) is 13.8 Å². The molecule has 0 aromatic heterocycles. The second-order valence-corrected chi connectivity index (χ2v) is 4.28. The Bertz CT molecular complexity index is 174. The van der Waals surface area contributed by atoms with Gasteiger partial charge in [0.15, 0.2) is 0 Å². The van der Waals surface area contributed by atoms with Crippen LogP contribution in [0.4, 0.5) is 8.78 Å². The molecule has 1 heterocycles. The molecule has 14 heavy (non-hydrogen) atoms. The zero-order valence-electron chi connectivity index (χ0n) is 8.85. The Kier molecular flexibility index (Phi) is 4.26. The van der Waals surface area contributed by atoms with Gasteiger partial charge in [-0.2, -0.15) is 0 Å². The molecular weight excluding hydrogens is 188 g/mol. The maximum absolute atomic E-state index is 11.9. The molecule has 1 atom stereocenters. The molecule has 0 aromatic rings. The molecule has 1 N–H and O–H groups in total. The lowest BCUT2D eigenvalue weighted by molar-refractivity contribution is -0.0738. The van der Waals surface area contributed by atoms with Gasteiger partial charge < -0.3 is 10.1 Å². The van der Waals surface area contributed by atoms with Gasteiger partial charge in [0.25, 0.3) is 0 Å². The van der Waals surface area contributed by atoms with Crippen molar-refractivity contribution < 1.29 is 13.5 Å². The van der Waals surface area contributed by atoms with Crippen molar-refractivity contribution in [3.8, 4) is 0 Å². The van der Waals surface area contributed by atoms with Crippen LogP contribution in [0.2, 0.25) is 0 Å². The molecule has 1 rings (SSSR count). The topological polar surface area (TPSA) is 21.3 Å². The predicted octanol–water partition coefficient (Wildman–Crippen LogP) is 2.19. The third-order valence-electron chi connectivity index (χ3n) is 2.72. The smallest absolute Gasteiger partial charge is 0.238 e. The van der Waals surface area contributed by atoms with Crippen LogP contribution in [0.1, 0.15) is 33.1 Å². The first-order valence-corrected chi connectivity index (χ1v) is 5.18. The Balaban J connectivity index is 2.27. The number of morpholine rings is 1. The molecule has 0 saturated carbocycles. The summed E-state index contributed by atoms with van der Waals surface area (Å²) in [7, 11) is 0. The Labute approximate surface area is 84.0 Å². The average Bonchev–Trinajstić information content (AvgIpc) is 2.07. The van der Waals surface area contributed by atoms with E-state index in [1.54, 1.807) is 0 Å². The summed E-state index contributed by atoms with van der Waals surface area (Å²) < 4.78 is 29.4. The summed E-state index contributed by atoms with van der Waals surface area (Å²) in [5, 5.41) is 3.31. The zero-order valence-corrected chi connectivity index (χ0v) is 8.85. The van der Waals surface area contributed by atoms with Gasteiger partial charge in [0, 0.05) is 19.0 Å². The Hall–Kier alpha value is -0.220. The van der Waals surface area contributed by atoms with E-state index in [4.69, 9.17) is 4.74 Å². The molecule has 1 aliphatic heterocycles. The molecule has 0 spiro atoms. The zero-order chi connectivity index (χ0) is 10.6. The highest BCUT2D eigenvalue weighted by Crippen LogP contribution is 2.22. The van der Waals surface area contributed by atoms with Crippen LogP contribution in [0, 0.1) is 0 Å². The highest BCUT2D eigenvalue weighted by molar-refractivity contribution is 4.88. The van der Waals surface area contributed by atoms with Gasteiger partial charge in [-0.1, -0.05) is 0 Å². The van der Waals surface area contributed by atoms with Crippen molar-refractivity contribution in [1.82, 2.24) is 5.32 Å². The molecule has 1 aliphatic rings. The van der Waals surface area contributed by atoms with E-state index in [-0.39, 0.29) is 18.1 Å². The standard InChI is InChI=1S/C10H19F2NO/c1-10(2)8(13-6-7-14-10)4-3-5-9(11)12/h8-9,13H,3-7H2,1-2H3. The van der Waals surface area contributed by atoms with Gasteiger partial charge in [-0.05, 0) is 26.7 Å². The third-order valence-corrected chi connectivity index (χ3v) is 2.72. The van der Waals surface area contributed by atoms with Crippen molar-refractivity contribution in [3.63, 3.8) is 0 Å². The molecule has 0 amide bonds. The summed E-state index contributed by atoms with van der Waals surface area (Å²) in [5.41, 5.74) is -0.222. The van der Waals surface area contributed by atoms with Crippen LogP contribution < -0.4 is 5.32 Å². The SMILES string of the molecule is CC1(C)OCCNC1CCCC(F)F. The number of ether oxygens (including phenoxy) is 1. The minimum atomic E-state index is -2.18. The van der Waals surface area contributed by atoms with Crippen LogP contribution >= 0.6 is 0 Å². The molecule has 0 aromatic carbocycles. The fraction of sp³-hybridized carbons (Fsp3) is 1.00. The Morgan fingerprint density at radius 3 is 2.79 bits per heavy atom. The van der Waals surface area contributed by atoms with Crippen molar-refractivity contribution in [3.05, 3.63) is 0 Å². The second kappa shape index (κ2) is 5.03. The van der Waals surface area contributed by atoms with Crippen molar-refractivity contribution in [2.75, 3.05) is 13.2 Å². The van der Waals surface area contributed by atoms with Crippen LogP contribution in [0.15, 0.2) is 0 Å². The number of nitrogens with one attached hydrogen (secondary N) is 1. The summed E-state index contributed by atoms with van der Waals surface area (Å²) in [4.78, 5) is 0. The normalized spacial score (nSPS) is 26.8. The van der Waals surface area contributed by atoms with E-state index in [0.29, 0.717) is 13.0 Å². The number of hydrogen-bond donors (Lipinski definition) is 1. The fourth-order valence-electron chi connectivity index (χ4n) is 1.82. The van der Waals surface area contributed by atoms with E-state index < -0.39 is 6.43 Å². The lowest BCUT2D eigenvalue weighted by Crippen LogP contribution is -2.54. The molecular formula is C10H19F2NO. The van der Waals surface area contributed by atoms with E-state index in [2.05, 4.69) is 5.32 Å². The summed E-state index contributed by atoms with van der Waals surface area (Å²) in [6.45, 7) is 5.54. The van der Waals surface area contributed by atoms with Crippen molar-refractivity contribution in [2.45, 2.75) is 51.2 Å². The largest absolute Gasteiger partial charge is 0.373 e. The average molecular weight is 207 g/mol. The minimum absolute atomic E-state index is 0.00569. The predicted molar refractivity (Wildman–Crippen MR) is 51.7 cm³/mol. The maximum Gasteiger partial charge on any atom is 0.238 e. The van der Waals surface area contributed by atoms with Crippen molar-refractivity contribution in [2.24, 2.45) is 0 Å². The van der Waals surface area contributed by atoms with Gasteiger partial charge in [0.1, 0.15) is 0 Å². The van der Waals surface area contributed by atoms with Gasteiger partial charge in [-0.25, -0.2) is 8.78 Å². The molecule has 1 unspecified atom stereocenters. The first-order chi connectivity index (χ1) is 6.52. The number of hydrogen-bond acceptors (Lipinski definition) is 2. The van der Waals surface area contributed by atoms with E-state index >= 15 is 0 Å². The minimum Gasteiger partial charge on any atom is -0.373 e. The highest BCUT2D eigenvalue weighted by atomic mass is 19.3. The van der Waals surface area contributed by atoms with Crippen LogP contribution in [0.25, 0.3) is 0 Å². The summed E-state index contributed by atoms with van der Waals surface area (Å²) in [6.07, 6.45) is -0.865. The van der Waals surface area contributed by atoms with E-state index in [1.165, 1.54) is 0 Å². The molecule has 2 nitrogen and oxygen atoms in total. The maximum atomic E-state index is 11.9. The number of alkyl halides is 2. The Morgan fingerprint density at radius 2 is 2.21 bits per heavy atom. The van der Waals surface area contributed by atoms with Crippen LogP contribution in [0.3, 0.4) is 0 Å². The fourth-order valence-corrected chi connectivity index (χ4v) is 1.82. The van der Waals surface area contributed by atoms with Crippen molar-refractivity contribution in [1.29, 1.82) is 0 Å². The molecule has 84 valence electrons. The molecule has 0 aliphatic carbocycles. The van der Waals surface area contributed by atoms with Crippen molar-refractivity contribution >= 4 is 0 Å². The molecule has 0 radical (unpaired) electrons. The van der Waals surface area contributed by atoms with Gasteiger partial charge in [-0.3, -0.25) is 0 Å². The molecule has 1 fully saturated rings.